The molecule has 1 fully saturated rings. The number of fused-ring (bicyclic) bond motifs is 1. The van der Waals surface area contributed by atoms with Crippen LogP contribution in [0.25, 0.3) is 11.0 Å². The maximum Gasteiger partial charge on any atom is 0.330 e. The summed E-state index contributed by atoms with van der Waals surface area (Å²) in [5, 5.41) is 14.2. The number of aryl methyl sites for hydroxylation is 1. The average molecular weight is 434 g/mol. The zero-order chi connectivity index (χ0) is 21.4. The number of H-pyrrole nitrogens is 1. The zero-order valence-corrected chi connectivity index (χ0v) is 16.8. The monoisotopic (exact) mass is 433 g/mol. The fourth-order valence-electron chi connectivity index (χ4n) is 3.47. The van der Waals surface area contributed by atoms with Crippen molar-refractivity contribution in [3.8, 4) is 0 Å². The van der Waals surface area contributed by atoms with Crippen LogP contribution in [0.3, 0.4) is 0 Å². The van der Waals surface area contributed by atoms with E-state index in [0.717, 1.165) is 0 Å². The number of carbonyl (C=O) groups excluding carboxylic acids is 1. The summed E-state index contributed by atoms with van der Waals surface area (Å²) in [5.41, 5.74) is -0.0753. The van der Waals surface area contributed by atoms with E-state index in [1.807, 2.05) is 0 Å². The lowest BCUT2D eigenvalue weighted by Crippen LogP contribution is -2.37. The fourth-order valence-corrected chi connectivity index (χ4v) is 3.65. The highest BCUT2D eigenvalue weighted by atomic mass is 35.5. The third-order valence-electron chi connectivity index (χ3n) is 5.10. The van der Waals surface area contributed by atoms with Crippen molar-refractivity contribution >= 4 is 28.5 Å². The summed E-state index contributed by atoms with van der Waals surface area (Å²) in [6, 6.07) is 6.62. The van der Waals surface area contributed by atoms with E-state index < -0.39 is 35.6 Å². The molecule has 1 aliphatic heterocycles. The maximum absolute atomic E-state index is 12.4. The van der Waals surface area contributed by atoms with Gasteiger partial charge in [0.15, 0.2) is 5.76 Å². The van der Waals surface area contributed by atoms with Crippen LogP contribution in [0.4, 0.5) is 0 Å². The first-order chi connectivity index (χ1) is 14.4. The normalized spacial score (nSPS) is 21.2. The molecule has 1 aromatic carbocycles. The number of aromatic nitrogens is 2. The molecule has 0 saturated carbocycles. The van der Waals surface area contributed by atoms with E-state index in [4.69, 9.17) is 20.8 Å². The number of amides is 1. The number of aromatic amines is 1. The van der Waals surface area contributed by atoms with Crippen LogP contribution in [-0.2, 0) is 11.2 Å². The van der Waals surface area contributed by atoms with Crippen molar-refractivity contribution in [2.75, 3.05) is 6.54 Å². The Kier molecular flexibility index (Phi) is 5.50. The Hall–Kier alpha value is -2.88. The summed E-state index contributed by atoms with van der Waals surface area (Å²) < 4.78 is 12.5. The second kappa shape index (κ2) is 8.10. The highest BCUT2D eigenvalue weighted by Gasteiger charge is 2.36. The van der Waals surface area contributed by atoms with Gasteiger partial charge in [-0.25, -0.2) is 4.79 Å². The van der Waals surface area contributed by atoms with Crippen LogP contribution in [0.2, 0.25) is 5.02 Å². The van der Waals surface area contributed by atoms with E-state index in [2.05, 4.69) is 10.3 Å². The maximum atomic E-state index is 12.4. The van der Waals surface area contributed by atoms with Crippen molar-refractivity contribution in [1.82, 2.24) is 14.9 Å². The molecule has 1 amide bonds. The lowest BCUT2D eigenvalue weighted by molar-refractivity contribution is -0.0188. The van der Waals surface area contributed by atoms with Crippen molar-refractivity contribution < 1.29 is 19.1 Å². The predicted octanol–water partition coefficient (Wildman–Crippen LogP) is 1.58. The quantitative estimate of drug-likeness (QED) is 0.560. The molecule has 3 aromatic rings. The molecule has 1 aliphatic rings. The number of ether oxygens (including phenoxy) is 1. The molecule has 3 heterocycles. The first-order valence-corrected chi connectivity index (χ1v) is 9.88. The third kappa shape index (κ3) is 3.91. The molecule has 0 radical (unpaired) electrons. The van der Waals surface area contributed by atoms with Crippen molar-refractivity contribution in [1.29, 1.82) is 0 Å². The Bertz CT molecular complexity index is 1210. The van der Waals surface area contributed by atoms with E-state index in [1.54, 1.807) is 31.2 Å². The molecule has 0 spiro atoms. The van der Waals surface area contributed by atoms with Gasteiger partial charge in [0.2, 0.25) is 0 Å². The molecular weight excluding hydrogens is 414 g/mol. The zero-order valence-electron chi connectivity index (χ0n) is 16.1. The number of benzene rings is 1. The van der Waals surface area contributed by atoms with Crippen LogP contribution >= 0.6 is 11.6 Å². The summed E-state index contributed by atoms with van der Waals surface area (Å²) in [6.07, 6.45) is -0.314. The summed E-state index contributed by atoms with van der Waals surface area (Å²) in [4.78, 5) is 38.5. The molecule has 10 heteroatoms. The lowest BCUT2D eigenvalue weighted by atomic mass is 10.1. The Labute approximate surface area is 175 Å². The molecule has 9 nitrogen and oxygen atoms in total. The molecule has 158 valence electrons. The number of nitrogens with one attached hydrogen (secondary N) is 2. The number of halogens is 1. The number of rotatable bonds is 5. The van der Waals surface area contributed by atoms with Crippen molar-refractivity contribution in [3.05, 3.63) is 67.6 Å². The number of aliphatic hydroxyl groups is 1. The minimum atomic E-state index is -0.895. The van der Waals surface area contributed by atoms with Gasteiger partial charge in [-0.1, -0.05) is 18.5 Å². The predicted molar refractivity (Wildman–Crippen MR) is 109 cm³/mol. The number of carbonyl (C=O) groups is 1. The van der Waals surface area contributed by atoms with Gasteiger partial charge in [-0.2, -0.15) is 0 Å². The standard InChI is InChI=1S/C20H20ClN3O6/c1-2-10-9-24(20(28)23-18(10)26)17-7-13(25)16(30-17)8-22-19(27)15-6-11-5-12(21)3-4-14(11)29-15/h3-6,9,13,16-17,25H,2,7-8H2,1H3,(H,22,27)(H,23,26,28)/t13-,16+,17+/m0/s1. The molecule has 0 unspecified atom stereocenters. The van der Waals surface area contributed by atoms with Gasteiger partial charge in [0.25, 0.3) is 11.5 Å². The van der Waals surface area contributed by atoms with Gasteiger partial charge in [0, 0.05) is 35.1 Å². The molecule has 3 atom stereocenters. The van der Waals surface area contributed by atoms with Crippen molar-refractivity contribution in [2.45, 2.75) is 38.2 Å². The molecule has 1 saturated heterocycles. The highest BCUT2D eigenvalue weighted by molar-refractivity contribution is 6.31. The second-order valence-corrected chi connectivity index (χ2v) is 7.55. The highest BCUT2D eigenvalue weighted by Crippen LogP contribution is 2.28. The molecule has 30 heavy (non-hydrogen) atoms. The number of furan rings is 1. The summed E-state index contributed by atoms with van der Waals surface area (Å²) in [6.45, 7) is 1.82. The Morgan fingerprint density at radius 1 is 1.37 bits per heavy atom. The average Bonchev–Trinajstić information content (AvgIpc) is 3.29. The summed E-state index contributed by atoms with van der Waals surface area (Å²) in [5.74, 6) is -0.350. The van der Waals surface area contributed by atoms with Gasteiger partial charge in [-0.15, -0.1) is 0 Å². The van der Waals surface area contributed by atoms with E-state index in [9.17, 15) is 19.5 Å². The van der Waals surface area contributed by atoms with Crippen LogP contribution in [0, 0.1) is 0 Å². The lowest BCUT2D eigenvalue weighted by Gasteiger charge is -2.16. The SMILES string of the molecule is CCc1cn([C@H]2C[C@H](O)[C@@H](CNC(=O)c3cc4cc(Cl)ccc4o3)O2)c(=O)[nH]c1=O. The van der Waals surface area contributed by atoms with Crippen molar-refractivity contribution in [2.24, 2.45) is 0 Å². The molecular formula is C20H20ClN3O6. The van der Waals surface area contributed by atoms with Gasteiger partial charge in [-0.3, -0.25) is 19.1 Å². The van der Waals surface area contributed by atoms with Gasteiger partial charge in [0.1, 0.15) is 17.9 Å². The number of hydrogen-bond donors (Lipinski definition) is 3. The van der Waals surface area contributed by atoms with E-state index in [0.29, 0.717) is 28.0 Å². The topological polar surface area (TPSA) is 127 Å². The minimum Gasteiger partial charge on any atom is -0.451 e. The van der Waals surface area contributed by atoms with Gasteiger partial charge in [-0.05, 0) is 30.7 Å². The Balaban J connectivity index is 1.43. The van der Waals surface area contributed by atoms with E-state index in [-0.39, 0.29) is 18.7 Å². The third-order valence-corrected chi connectivity index (χ3v) is 5.34. The molecule has 2 aromatic heterocycles. The van der Waals surface area contributed by atoms with E-state index in [1.165, 1.54) is 10.8 Å². The molecule has 0 aliphatic carbocycles. The van der Waals surface area contributed by atoms with Gasteiger partial charge >= 0.3 is 5.69 Å². The van der Waals surface area contributed by atoms with Gasteiger partial charge < -0.3 is 19.6 Å². The largest absolute Gasteiger partial charge is 0.451 e. The van der Waals surface area contributed by atoms with Gasteiger partial charge in [0.05, 0.1) is 6.10 Å². The Morgan fingerprint density at radius 2 is 2.17 bits per heavy atom. The Morgan fingerprint density at radius 3 is 2.93 bits per heavy atom. The van der Waals surface area contributed by atoms with E-state index >= 15 is 0 Å². The number of nitrogens with zero attached hydrogens (tertiary/aromatic N) is 1. The second-order valence-electron chi connectivity index (χ2n) is 7.11. The smallest absolute Gasteiger partial charge is 0.330 e. The summed E-state index contributed by atoms with van der Waals surface area (Å²) >= 11 is 5.94. The van der Waals surface area contributed by atoms with Crippen LogP contribution in [0.15, 0.2) is 44.5 Å². The van der Waals surface area contributed by atoms with Crippen LogP contribution in [0.5, 0.6) is 0 Å². The summed E-state index contributed by atoms with van der Waals surface area (Å²) in [7, 11) is 0. The van der Waals surface area contributed by atoms with Crippen LogP contribution in [0.1, 0.15) is 35.7 Å². The fraction of sp³-hybridized carbons (Fsp3) is 0.350. The molecule has 4 rings (SSSR count). The first-order valence-electron chi connectivity index (χ1n) is 9.51. The van der Waals surface area contributed by atoms with Crippen LogP contribution < -0.4 is 16.6 Å². The number of aliphatic hydroxyl groups excluding tert-OH is 1. The van der Waals surface area contributed by atoms with Crippen molar-refractivity contribution in [3.63, 3.8) is 0 Å². The first kappa shape index (κ1) is 20.4. The molecule has 0 bridgehead atoms. The molecule has 3 N–H and O–H groups in total. The number of hydrogen-bond acceptors (Lipinski definition) is 6. The minimum absolute atomic E-state index is 0.0209. The van der Waals surface area contributed by atoms with Crippen LogP contribution in [-0.4, -0.2) is 39.3 Å².